The number of nitrogens with zero attached hydrogens (tertiary/aromatic N) is 2. The molecule has 0 atom stereocenters. The van der Waals surface area contributed by atoms with Gasteiger partial charge in [0, 0.05) is 23.0 Å². The Morgan fingerprint density at radius 2 is 1.64 bits per heavy atom. The molecule has 4 rings (SSSR count). The van der Waals surface area contributed by atoms with Crippen LogP contribution in [-0.2, 0) is 0 Å². The standard InChI is InChI=1S/C22H22N2O/c1-13-6-7-19-18(8-13)22-15(3)9-17(25-5)11-20(22)24(19)21-10-14(2)16(4)12-23-21/h6-12H,1-5H3. The molecule has 0 aliphatic heterocycles. The van der Waals surface area contributed by atoms with Gasteiger partial charge in [0.15, 0.2) is 0 Å². The first kappa shape index (κ1) is 15.7. The number of fused-ring (bicyclic) bond motifs is 3. The zero-order valence-electron chi connectivity index (χ0n) is 15.3. The first-order valence-electron chi connectivity index (χ1n) is 8.52. The fourth-order valence-corrected chi connectivity index (χ4v) is 3.53. The van der Waals surface area contributed by atoms with Crippen LogP contribution in [0.2, 0.25) is 0 Å². The lowest BCUT2D eigenvalue weighted by Gasteiger charge is -2.10. The number of aromatic nitrogens is 2. The maximum Gasteiger partial charge on any atom is 0.137 e. The number of rotatable bonds is 2. The van der Waals surface area contributed by atoms with E-state index in [9.17, 15) is 0 Å². The van der Waals surface area contributed by atoms with Crippen molar-refractivity contribution in [1.29, 1.82) is 0 Å². The van der Waals surface area contributed by atoms with Gasteiger partial charge in [0.2, 0.25) is 0 Å². The highest BCUT2D eigenvalue weighted by molar-refractivity contribution is 6.11. The molecular weight excluding hydrogens is 308 g/mol. The van der Waals surface area contributed by atoms with Crippen molar-refractivity contribution in [3.8, 4) is 11.6 Å². The van der Waals surface area contributed by atoms with Crippen LogP contribution in [0.3, 0.4) is 0 Å². The maximum absolute atomic E-state index is 5.52. The van der Waals surface area contributed by atoms with E-state index in [0.29, 0.717) is 0 Å². The SMILES string of the molecule is COc1cc(C)c2c3cc(C)ccc3n(-c3cc(C)c(C)cn3)c2c1. The molecule has 0 saturated heterocycles. The highest BCUT2D eigenvalue weighted by Gasteiger charge is 2.16. The van der Waals surface area contributed by atoms with Crippen LogP contribution in [-0.4, -0.2) is 16.7 Å². The van der Waals surface area contributed by atoms with Gasteiger partial charge in [0.05, 0.1) is 18.1 Å². The van der Waals surface area contributed by atoms with Crippen LogP contribution in [0, 0.1) is 27.7 Å². The van der Waals surface area contributed by atoms with Gasteiger partial charge in [-0.25, -0.2) is 4.98 Å². The van der Waals surface area contributed by atoms with E-state index in [4.69, 9.17) is 9.72 Å². The normalized spacial score (nSPS) is 11.4. The van der Waals surface area contributed by atoms with Crippen LogP contribution in [0.5, 0.6) is 5.75 Å². The third kappa shape index (κ3) is 2.39. The van der Waals surface area contributed by atoms with Gasteiger partial charge in [-0.3, -0.25) is 4.57 Å². The minimum atomic E-state index is 0.870. The van der Waals surface area contributed by atoms with Gasteiger partial charge in [-0.05, 0) is 68.7 Å². The predicted octanol–water partition coefficient (Wildman–Crippen LogP) is 5.42. The molecule has 0 unspecified atom stereocenters. The first-order valence-corrected chi connectivity index (χ1v) is 8.52. The third-order valence-electron chi connectivity index (χ3n) is 5.01. The Kier molecular flexibility index (Phi) is 3.53. The van der Waals surface area contributed by atoms with E-state index in [1.165, 1.54) is 38.5 Å². The van der Waals surface area contributed by atoms with Crippen molar-refractivity contribution < 1.29 is 4.74 Å². The van der Waals surface area contributed by atoms with E-state index in [1.807, 2.05) is 6.20 Å². The van der Waals surface area contributed by atoms with Crippen LogP contribution in [0.25, 0.3) is 27.6 Å². The molecule has 0 aliphatic carbocycles. The van der Waals surface area contributed by atoms with Crippen molar-refractivity contribution in [3.05, 3.63) is 64.8 Å². The summed E-state index contributed by atoms with van der Waals surface area (Å²) in [6, 6.07) is 13.0. The zero-order chi connectivity index (χ0) is 17.7. The molecule has 0 bridgehead atoms. The van der Waals surface area contributed by atoms with Crippen molar-refractivity contribution in [3.63, 3.8) is 0 Å². The Morgan fingerprint density at radius 1 is 0.840 bits per heavy atom. The summed E-state index contributed by atoms with van der Waals surface area (Å²) in [5.41, 5.74) is 7.23. The van der Waals surface area contributed by atoms with Gasteiger partial charge in [-0.1, -0.05) is 11.6 Å². The van der Waals surface area contributed by atoms with Gasteiger partial charge in [0.1, 0.15) is 11.6 Å². The number of ether oxygens (including phenoxy) is 1. The summed E-state index contributed by atoms with van der Waals surface area (Å²) in [5, 5.41) is 2.52. The maximum atomic E-state index is 5.52. The molecule has 4 aromatic rings. The summed E-state index contributed by atoms with van der Waals surface area (Å²) in [5.74, 6) is 1.81. The Balaban J connectivity index is 2.20. The highest BCUT2D eigenvalue weighted by atomic mass is 16.5. The van der Waals surface area contributed by atoms with Crippen LogP contribution >= 0.6 is 0 Å². The van der Waals surface area contributed by atoms with E-state index in [0.717, 1.165) is 17.1 Å². The van der Waals surface area contributed by atoms with Gasteiger partial charge in [-0.2, -0.15) is 0 Å². The van der Waals surface area contributed by atoms with E-state index >= 15 is 0 Å². The smallest absolute Gasteiger partial charge is 0.137 e. The first-order chi connectivity index (χ1) is 12.0. The van der Waals surface area contributed by atoms with Crippen LogP contribution in [0.4, 0.5) is 0 Å². The topological polar surface area (TPSA) is 27.1 Å². The number of pyridine rings is 1. The highest BCUT2D eigenvalue weighted by Crippen LogP contribution is 2.36. The quantitative estimate of drug-likeness (QED) is 0.490. The molecule has 0 radical (unpaired) electrons. The number of methoxy groups -OCH3 is 1. The number of hydrogen-bond acceptors (Lipinski definition) is 2. The summed E-state index contributed by atoms with van der Waals surface area (Å²) in [7, 11) is 1.71. The fourth-order valence-electron chi connectivity index (χ4n) is 3.53. The minimum Gasteiger partial charge on any atom is -0.497 e. The lowest BCUT2D eigenvalue weighted by Crippen LogP contribution is -1.99. The van der Waals surface area contributed by atoms with Gasteiger partial charge >= 0.3 is 0 Å². The Labute approximate surface area is 147 Å². The molecule has 0 amide bonds. The number of hydrogen-bond donors (Lipinski definition) is 0. The van der Waals surface area contributed by atoms with Crippen molar-refractivity contribution >= 4 is 21.8 Å². The van der Waals surface area contributed by atoms with E-state index in [1.54, 1.807) is 7.11 Å². The minimum absolute atomic E-state index is 0.870. The average molecular weight is 330 g/mol. The predicted molar refractivity (Wildman–Crippen MR) is 104 cm³/mol. The molecular formula is C22H22N2O. The summed E-state index contributed by atoms with van der Waals surface area (Å²) in [6.07, 6.45) is 1.95. The lowest BCUT2D eigenvalue weighted by molar-refractivity contribution is 0.415. The monoisotopic (exact) mass is 330 g/mol. The molecule has 3 nitrogen and oxygen atoms in total. The summed E-state index contributed by atoms with van der Waals surface area (Å²) >= 11 is 0. The number of aryl methyl sites for hydroxylation is 4. The summed E-state index contributed by atoms with van der Waals surface area (Å²) < 4.78 is 7.76. The largest absolute Gasteiger partial charge is 0.497 e. The molecule has 2 aromatic heterocycles. The Morgan fingerprint density at radius 3 is 2.36 bits per heavy atom. The second-order valence-electron chi connectivity index (χ2n) is 6.82. The van der Waals surface area contributed by atoms with E-state index in [-0.39, 0.29) is 0 Å². The Hall–Kier alpha value is -2.81. The summed E-state index contributed by atoms with van der Waals surface area (Å²) in [4.78, 5) is 4.71. The van der Waals surface area contributed by atoms with Gasteiger partial charge < -0.3 is 4.74 Å². The zero-order valence-corrected chi connectivity index (χ0v) is 15.3. The molecule has 126 valence electrons. The van der Waals surface area contributed by atoms with Crippen LogP contribution in [0.1, 0.15) is 22.3 Å². The van der Waals surface area contributed by atoms with Gasteiger partial charge in [0.25, 0.3) is 0 Å². The molecule has 0 aliphatic rings. The van der Waals surface area contributed by atoms with Crippen molar-refractivity contribution in [2.75, 3.05) is 7.11 Å². The van der Waals surface area contributed by atoms with Crippen molar-refractivity contribution in [1.82, 2.24) is 9.55 Å². The van der Waals surface area contributed by atoms with E-state index in [2.05, 4.69) is 68.7 Å². The van der Waals surface area contributed by atoms with Gasteiger partial charge in [-0.15, -0.1) is 0 Å². The lowest BCUT2D eigenvalue weighted by atomic mass is 10.1. The molecule has 3 heteroatoms. The summed E-state index contributed by atoms with van der Waals surface area (Å²) in [6.45, 7) is 8.50. The average Bonchev–Trinajstić information content (AvgIpc) is 2.91. The molecule has 0 N–H and O–H groups in total. The molecule has 0 fully saturated rings. The van der Waals surface area contributed by atoms with Crippen LogP contribution in [0.15, 0.2) is 42.6 Å². The Bertz CT molecular complexity index is 1120. The molecule has 2 aromatic carbocycles. The number of benzene rings is 2. The van der Waals surface area contributed by atoms with Crippen molar-refractivity contribution in [2.24, 2.45) is 0 Å². The third-order valence-corrected chi connectivity index (χ3v) is 5.01. The second-order valence-corrected chi connectivity index (χ2v) is 6.82. The molecule has 0 saturated carbocycles. The molecule has 25 heavy (non-hydrogen) atoms. The fraction of sp³-hybridized carbons (Fsp3) is 0.227. The van der Waals surface area contributed by atoms with Crippen LogP contribution < -0.4 is 4.74 Å². The molecule has 0 spiro atoms. The molecule has 2 heterocycles. The van der Waals surface area contributed by atoms with E-state index < -0.39 is 0 Å². The van der Waals surface area contributed by atoms with Crippen molar-refractivity contribution in [2.45, 2.75) is 27.7 Å². The second kappa shape index (κ2) is 5.62.